The summed E-state index contributed by atoms with van der Waals surface area (Å²) in [6.45, 7) is 0. The zero-order valence-electron chi connectivity index (χ0n) is 9.30. The highest BCUT2D eigenvalue weighted by molar-refractivity contribution is 7.80. The summed E-state index contributed by atoms with van der Waals surface area (Å²) in [5, 5.41) is 10.5. The highest BCUT2D eigenvalue weighted by atomic mass is 32.1. The van der Waals surface area contributed by atoms with Crippen LogP contribution in [-0.4, -0.2) is 23.1 Å². The normalized spacial score (nSPS) is 9.39. The first-order chi connectivity index (χ1) is 8.45. The van der Waals surface area contributed by atoms with E-state index >= 15 is 0 Å². The van der Waals surface area contributed by atoms with Gasteiger partial charge in [-0.25, -0.2) is 0 Å². The number of benzene rings is 1. The molecule has 96 valence electrons. The lowest BCUT2D eigenvalue weighted by Gasteiger charge is -2.09. The van der Waals surface area contributed by atoms with E-state index in [2.05, 4.69) is 23.1 Å². The maximum atomic E-state index is 11.7. The molecule has 4 N–H and O–H groups in total. The van der Waals surface area contributed by atoms with Gasteiger partial charge in [0, 0.05) is 12.1 Å². The van der Waals surface area contributed by atoms with Crippen LogP contribution in [0, 0.1) is 10.1 Å². The smallest absolute Gasteiger partial charge is 0.273 e. The molecule has 0 fully saturated rings. The van der Waals surface area contributed by atoms with E-state index in [4.69, 9.17) is 10.5 Å². The van der Waals surface area contributed by atoms with E-state index in [1.54, 1.807) is 0 Å². The van der Waals surface area contributed by atoms with Crippen molar-refractivity contribution in [1.29, 1.82) is 0 Å². The topological polar surface area (TPSA) is 120 Å². The lowest BCUT2D eigenvalue weighted by atomic mass is 10.1. The Labute approximate surface area is 107 Å². The number of thiocarbonyl (C=S) groups is 1. The van der Waals surface area contributed by atoms with Crippen LogP contribution in [0.25, 0.3) is 0 Å². The Morgan fingerprint density at radius 1 is 1.50 bits per heavy atom. The van der Waals surface area contributed by atoms with Crippen LogP contribution in [0.3, 0.4) is 0 Å². The Balaban J connectivity index is 3.03. The molecule has 0 saturated carbocycles. The summed E-state index contributed by atoms with van der Waals surface area (Å²) >= 11 is 4.50. The largest absolute Gasteiger partial charge is 0.496 e. The minimum atomic E-state index is -0.650. The number of ether oxygens (including phenoxy) is 1. The van der Waals surface area contributed by atoms with Gasteiger partial charge in [0.1, 0.15) is 5.75 Å². The summed E-state index contributed by atoms with van der Waals surface area (Å²) in [5.74, 6) is -0.453. The molecule has 0 aromatic heterocycles. The summed E-state index contributed by atoms with van der Waals surface area (Å²) < 4.78 is 4.93. The van der Waals surface area contributed by atoms with Crippen LogP contribution in [0.1, 0.15) is 10.4 Å². The van der Waals surface area contributed by atoms with Gasteiger partial charge in [-0.1, -0.05) is 0 Å². The number of nitrogens with one attached hydrogen (secondary N) is 2. The van der Waals surface area contributed by atoms with E-state index in [-0.39, 0.29) is 22.1 Å². The van der Waals surface area contributed by atoms with Crippen LogP contribution in [0.4, 0.5) is 5.69 Å². The van der Waals surface area contributed by atoms with Crippen molar-refractivity contribution < 1.29 is 14.5 Å². The summed E-state index contributed by atoms with van der Waals surface area (Å²) in [7, 11) is 1.35. The van der Waals surface area contributed by atoms with Crippen molar-refractivity contribution >= 4 is 28.9 Å². The zero-order valence-corrected chi connectivity index (χ0v) is 10.1. The molecule has 0 aliphatic carbocycles. The van der Waals surface area contributed by atoms with E-state index in [1.807, 2.05) is 0 Å². The predicted molar refractivity (Wildman–Crippen MR) is 67.0 cm³/mol. The molecule has 0 aliphatic heterocycles. The second-order valence-electron chi connectivity index (χ2n) is 3.09. The molecular weight excluding hydrogens is 260 g/mol. The maximum absolute atomic E-state index is 11.7. The fourth-order valence-electron chi connectivity index (χ4n) is 1.17. The van der Waals surface area contributed by atoms with Crippen LogP contribution in [0.15, 0.2) is 18.2 Å². The molecular formula is C9H10N4O4S. The van der Waals surface area contributed by atoms with Gasteiger partial charge in [0.05, 0.1) is 17.6 Å². The molecule has 0 radical (unpaired) electrons. The van der Waals surface area contributed by atoms with Crippen molar-refractivity contribution in [3.05, 3.63) is 33.9 Å². The second-order valence-corrected chi connectivity index (χ2v) is 3.52. The molecule has 0 spiro atoms. The quantitative estimate of drug-likeness (QED) is 0.404. The fourth-order valence-corrected chi connectivity index (χ4v) is 1.22. The summed E-state index contributed by atoms with van der Waals surface area (Å²) in [5.41, 5.74) is 9.31. The number of methoxy groups -OCH3 is 1. The first kappa shape index (κ1) is 13.6. The van der Waals surface area contributed by atoms with Gasteiger partial charge >= 0.3 is 0 Å². The number of nitro benzene ring substituents is 1. The molecule has 1 aromatic carbocycles. The van der Waals surface area contributed by atoms with Crippen molar-refractivity contribution in [1.82, 2.24) is 10.9 Å². The molecule has 8 nitrogen and oxygen atoms in total. The Kier molecular flexibility index (Phi) is 4.38. The lowest BCUT2D eigenvalue weighted by Crippen LogP contribution is -2.44. The van der Waals surface area contributed by atoms with Gasteiger partial charge in [-0.05, 0) is 18.3 Å². The van der Waals surface area contributed by atoms with Crippen molar-refractivity contribution in [2.45, 2.75) is 0 Å². The first-order valence-electron chi connectivity index (χ1n) is 4.64. The number of carbonyl (C=O) groups is 1. The number of rotatable bonds is 3. The number of amides is 1. The Hall–Kier alpha value is -2.42. The van der Waals surface area contributed by atoms with Crippen LogP contribution < -0.4 is 21.3 Å². The van der Waals surface area contributed by atoms with Crippen molar-refractivity contribution in [3.63, 3.8) is 0 Å². The molecule has 1 rings (SSSR count). The Morgan fingerprint density at radius 3 is 2.67 bits per heavy atom. The molecule has 1 amide bonds. The molecule has 0 heterocycles. The molecule has 0 saturated heterocycles. The third kappa shape index (κ3) is 3.28. The zero-order chi connectivity index (χ0) is 13.7. The standard InChI is InChI=1S/C9H10N4O4S/c1-17-7-3-2-5(13(15)16)4-6(7)8(14)11-12-9(10)18/h2-4H,1H3,(H,11,14)(H3,10,12,18). The Bertz CT molecular complexity index is 505. The fraction of sp³-hybridized carbons (Fsp3) is 0.111. The molecule has 1 aromatic rings. The first-order valence-corrected chi connectivity index (χ1v) is 5.04. The van der Waals surface area contributed by atoms with Gasteiger partial charge in [0.15, 0.2) is 5.11 Å². The third-order valence-corrected chi connectivity index (χ3v) is 2.04. The monoisotopic (exact) mass is 270 g/mol. The maximum Gasteiger partial charge on any atom is 0.273 e. The average Bonchev–Trinajstić information content (AvgIpc) is 2.34. The number of non-ortho nitro benzene ring substituents is 1. The van der Waals surface area contributed by atoms with Crippen molar-refractivity contribution in [2.24, 2.45) is 5.73 Å². The predicted octanol–water partition coefficient (Wildman–Crippen LogP) is 0.0814. The highest BCUT2D eigenvalue weighted by Crippen LogP contribution is 2.23. The minimum absolute atomic E-state index is 0.00421. The summed E-state index contributed by atoms with van der Waals surface area (Å²) in [6, 6.07) is 3.65. The molecule has 0 atom stereocenters. The number of nitro groups is 1. The summed E-state index contributed by atoms with van der Waals surface area (Å²) in [4.78, 5) is 21.7. The SMILES string of the molecule is COc1ccc([N+](=O)[O-])cc1C(=O)NNC(N)=S. The lowest BCUT2D eigenvalue weighted by molar-refractivity contribution is -0.384. The Morgan fingerprint density at radius 2 is 2.17 bits per heavy atom. The van der Waals surface area contributed by atoms with Gasteiger partial charge < -0.3 is 10.5 Å². The van der Waals surface area contributed by atoms with Crippen molar-refractivity contribution in [2.75, 3.05) is 7.11 Å². The van der Waals surface area contributed by atoms with E-state index in [9.17, 15) is 14.9 Å². The average molecular weight is 270 g/mol. The number of nitrogens with zero attached hydrogens (tertiary/aromatic N) is 1. The number of hydrogen-bond acceptors (Lipinski definition) is 5. The van der Waals surface area contributed by atoms with Crippen LogP contribution in [0.2, 0.25) is 0 Å². The molecule has 0 bridgehead atoms. The van der Waals surface area contributed by atoms with Crippen molar-refractivity contribution in [3.8, 4) is 5.75 Å². The number of hydrogen-bond donors (Lipinski definition) is 3. The van der Waals surface area contributed by atoms with E-state index in [1.165, 1.54) is 19.2 Å². The van der Waals surface area contributed by atoms with E-state index in [0.717, 1.165) is 6.07 Å². The molecule has 0 unspecified atom stereocenters. The van der Waals surface area contributed by atoms with Gasteiger partial charge in [0.25, 0.3) is 11.6 Å². The second kappa shape index (κ2) is 5.77. The summed E-state index contributed by atoms with van der Waals surface area (Å²) in [6.07, 6.45) is 0. The van der Waals surface area contributed by atoms with E-state index < -0.39 is 10.8 Å². The van der Waals surface area contributed by atoms with E-state index in [0.29, 0.717) is 0 Å². The van der Waals surface area contributed by atoms with Crippen LogP contribution >= 0.6 is 12.2 Å². The minimum Gasteiger partial charge on any atom is -0.496 e. The molecule has 0 aliphatic rings. The van der Waals surface area contributed by atoms with Gasteiger partial charge in [0.2, 0.25) is 0 Å². The van der Waals surface area contributed by atoms with Gasteiger partial charge in [-0.2, -0.15) is 0 Å². The molecule has 9 heteroatoms. The number of carbonyl (C=O) groups excluding carboxylic acids is 1. The number of nitrogens with two attached hydrogens (primary N) is 1. The van der Waals surface area contributed by atoms with Crippen LogP contribution in [0.5, 0.6) is 5.75 Å². The van der Waals surface area contributed by atoms with Crippen LogP contribution in [-0.2, 0) is 0 Å². The third-order valence-electron chi connectivity index (χ3n) is 1.94. The highest BCUT2D eigenvalue weighted by Gasteiger charge is 2.17. The number of hydrazine groups is 1. The molecule has 18 heavy (non-hydrogen) atoms. The van der Waals surface area contributed by atoms with Gasteiger partial charge in [-0.3, -0.25) is 25.8 Å². The van der Waals surface area contributed by atoms with Gasteiger partial charge in [-0.15, -0.1) is 0 Å².